The number of nitrogens with zero attached hydrogens (tertiary/aromatic N) is 1. The number of aliphatic carboxylic acids is 1. The largest absolute Gasteiger partial charge is 0.479 e. The predicted octanol–water partition coefficient (Wildman–Crippen LogP) is 2.85. The molecule has 2 rings (SSSR count). The van der Waals surface area contributed by atoms with Gasteiger partial charge in [0.1, 0.15) is 0 Å². The zero-order chi connectivity index (χ0) is 15.6. The van der Waals surface area contributed by atoms with Gasteiger partial charge < -0.3 is 10.0 Å². The maximum atomic E-state index is 14.0. The van der Waals surface area contributed by atoms with Crippen molar-refractivity contribution in [3.8, 4) is 0 Å². The van der Waals surface area contributed by atoms with Gasteiger partial charge in [-0.1, -0.05) is 11.6 Å². The third-order valence-electron chi connectivity index (χ3n) is 3.39. The van der Waals surface area contributed by atoms with Crippen LogP contribution < -0.4 is 0 Å². The summed E-state index contributed by atoms with van der Waals surface area (Å²) in [5.74, 6) is -1.76. The first-order valence-corrected chi connectivity index (χ1v) is 7.71. The fraction of sp³-hybridized carbons (Fsp3) is 0.429. The van der Waals surface area contributed by atoms with Crippen molar-refractivity contribution < 1.29 is 19.1 Å². The summed E-state index contributed by atoms with van der Waals surface area (Å²) >= 11 is 7.13. The summed E-state index contributed by atoms with van der Waals surface area (Å²) in [5.41, 5.74) is -2.32. The Morgan fingerprint density at radius 1 is 1.43 bits per heavy atom. The van der Waals surface area contributed by atoms with E-state index in [9.17, 15) is 14.0 Å². The van der Waals surface area contributed by atoms with Crippen molar-refractivity contribution in [1.82, 2.24) is 4.90 Å². The summed E-state index contributed by atoms with van der Waals surface area (Å²) in [6, 6.07) is 7.07. The summed E-state index contributed by atoms with van der Waals surface area (Å²) in [5, 5.41) is 9.04. The Hall–Kier alpha value is -1.27. The van der Waals surface area contributed by atoms with E-state index in [-0.39, 0.29) is 25.4 Å². The molecular formula is C14H15ClFNO3S. The van der Waals surface area contributed by atoms with E-state index in [2.05, 4.69) is 0 Å². The fourth-order valence-corrected chi connectivity index (χ4v) is 3.24. The molecule has 1 aliphatic rings. The van der Waals surface area contributed by atoms with Crippen molar-refractivity contribution in [2.45, 2.75) is 29.2 Å². The zero-order valence-electron chi connectivity index (χ0n) is 11.4. The number of carboxylic acid groups (broad SMARTS) is 1. The number of hydrogen-bond acceptors (Lipinski definition) is 3. The second kappa shape index (κ2) is 6.23. The second-order valence-corrected chi connectivity index (χ2v) is 6.84. The summed E-state index contributed by atoms with van der Waals surface area (Å²) in [4.78, 5) is 25.3. The van der Waals surface area contributed by atoms with Gasteiger partial charge in [0.25, 0.3) is 0 Å². The topological polar surface area (TPSA) is 57.6 Å². The lowest BCUT2D eigenvalue weighted by Crippen LogP contribution is -2.41. The average molecular weight is 332 g/mol. The van der Waals surface area contributed by atoms with E-state index in [0.29, 0.717) is 5.02 Å². The molecule has 4 nitrogen and oxygen atoms in total. The van der Waals surface area contributed by atoms with E-state index in [1.165, 1.54) is 16.7 Å². The van der Waals surface area contributed by atoms with Gasteiger partial charge in [-0.2, -0.15) is 0 Å². The van der Waals surface area contributed by atoms with E-state index in [1.54, 1.807) is 31.2 Å². The standard InChI is InChI=1S/C14H15ClFNO3S/c1-9(21-11-4-2-10(15)3-5-11)12(18)17-7-6-14(16,8-17)13(19)20/h2-5,9H,6-8H2,1H3,(H,19,20). The number of amides is 1. The molecule has 1 heterocycles. The van der Waals surface area contributed by atoms with Gasteiger partial charge >= 0.3 is 5.97 Å². The molecule has 1 saturated heterocycles. The average Bonchev–Trinajstić information content (AvgIpc) is 2.84. The van der Waals surface area contributed by atoms with E-state index >= 15 is 0 Å². The predicted molar refractivity (Wildman–Crippen MR) is 79.4 cm³/mol. The first-order valence-electron chi connectivity index (χ1n) is 6.45. The number of likely N-dealkylation sites (tertiary alicyclic amines) is 1. The molecule has 7 heteroatoms. The number of carbonyl (C=O) groups excluding carboxylic acids is 1. The van der Waals surface area contributed by atoms with Gasteiger partial charge in [-0.15, -0.1) is 11.8 Å². The number of benzene rings is 1. The number of alkyl halides is 1. The van der Waals surface area contributed by atoms with Gasteiger partial charge in [-0.3, -0.25) is 4.79 Å². The maximum Gasteiger partial charge on any atom is 0.343 e. The Morgan fingerprint density at radius 2 is 2.05 bits per heavy atom. The monoisotopic (exact) mass is 331 g/mol. The Labute approximate surface area is 131 Å². The molecule has 2 unspecified atom stereocenters. The lowest BCUT2D eigenvalue weighted by molar-refractivity contribution is -0.150. The summed E-state index contributed by atoms with van der Waals surface area (Å²) in [6.07, 6.45) is -0.160. The van der Waals surface area contributed by atoms with Gasteiger partial charge in [0.2, 0.25) is 11.6 Å². The molecule has 114 valence electrons. The zero-order valence-corrected chi connectivity index (χ0v) is 13.0. The first-order chi connectivity index (χ1) is 9.82. The van der Waals surface area contributed by atoms with Crippen molar-refractivity contribution >= 4 is 35.2 Å². The van der Waals surface area contributed by atoms with Crippen LogP contribution in [-0.2, 0) is 9.59 Å². The van der Waals surface area contributed by atoms with E-state index in [4.69, 9.17) is 16.7 Å². The van der Waals surface area contributed by atoms with Crippen LogP contribution in [0.2, 0.25) is 5.02 Å². The quantitative estimate of drug-likeness (QED) is 0.862. The van der Waals surface area contributed by atoms with Gasteiger partial charge in [0, 0.05) is 22.9 Å². The number of carboxylic acids is 1. The van der Waals surface area contributed by atoms with Crippen LogP contribution in [0.3, 0.4) is 0 Å². The van der Waals surface area contributed by atoms with Crippen LogP contribution in [0, 0.1) is 0 Å². The normalized spacial score (nSPS) is 23.1. The van der Waals surface area contributed by atoms with Crippen LogP contribution in [0.1, 0.15) is 13.3 Å². The van der Waals surface area contributed by atoms with Crippen molar-refractivity contribution in [2.75, 3.05) is 13.1 Å². The van der Waals surface area contributed by atoms with Crippen LogP contribution in [0.15, 0.2) is 29.2 Å². The van der Waals surface area contributed by atoms with Crippen LogP contribution in [0.4, 0.5) is 4.39 Å². The molecule has 1 aromatic carbocycles. The lowest BCUT2D eigenvalue weighted by atomic mass is 10.1. The highest BCUT2D eigenvalue weighted by molar-refractivity contribution is 8.00. The molecule has 1 N–H and O–H groups in total. The lowest BCUT2D eigenvalue weighted by Gasteiger charge is -2.21. The van der Waals surface area contributed by atoms with E-state index in [1.807, 2.05) is 0 Å². The molecule has 0 radical (unpaired) electrons. The molecule has 0 spiro atoms. The van der Waals surface area contributed by atoms with Crippen molar-refractivity contribution in [1.29, 1.82) is 0 Å². The van der Waals surface area contributed by atoms with Crippen molar-refractivity contribution in [2.24, 2.45) is 0 Å². The number of hydrogen-bond donors (Lipinski definition) is 1. The number of carbonyl (C=O) groups is 2. The molecular weight excluding hydrogens is 317 g/mol. The highest BCUT2D eigenvalue weighted by Gasteiger charge is 2.47. The minimum Gasteiger partial charge on any atom is -0.479 e. The molecule has 1 aliphatic heterocycles. The third-order valence-corrected chi connectivity index (χ3v) is 4.74. The van der Waals surface area contributed by atoms with Crippen LogP contribution in [0.5, 0.6) is 0 Å². The second-order valence-electron chi connectivity index (χ2n) is 4.99. The molecule has 1 aromatic rings. The molecule has 1 amide bonds. The highest BCUT2D eigenvalue weighted by Crippen LogP contribution is 2.30. The minimum atomic E-state index is -2.32. The Balaban J connectivity index is 1.97. The van der Waals surface area contributed by atoms with Crippen molar-refractivity contribution in [3.63, 3.8) is 0 Å². The Bertz CT molecular complexity index is 554. The molecule has 0 aromatic heterocycles. The molecule has 0 bridgehead atoms. The van der Waals surface area contributed by atoms with E-state index in [0.717, 1.165) is 4.90 Å². The molecule has 0 aliphatic carbocycles. The van der Waals surface area contributed by atoms with Gasteiger partial charge in [0.05, 0.1) is 11.8 Å². The van der Waals surface area contributed by atoms with Crippen molar-refractivity contribution in [3.05, 3.63) is 29.3 Å². The SMILES string of the molecule is CC(Sc1ccc(Cl)cc1)C(=O)N1CCC(F)(C(=O)O)C1. The van der Waals surface area contributed by atoms with Gasteiger partial charge in [-0.05, 0) is 31.2 Å². The molecule has 1 fully saturated rings. The molecule has 2 atom stereocenters. The van der Waals surface area contributed by atoms with Crippen LogP contribution >= 0.6 is 23.4 Å². The first kappa shape index (κ1) is 16.1. The summed E-state index contributed by atoms with van der Waals surface area (Å²) < 4.78 is 14.0. The Kier molecular flexibility index (Phi) is 4.78. The van der Waals surface area contributed by atoms with E-state index < -0.39 is 16.9 Å². The Morgan fingerprint density at radius 3 is 2.57 bits per heavy atom. The third kappa shape index (κ3) is 3.68. The van der Waals surface area contributed by atoms with Gasteiger partial charge in [0.15, 0.2) is 0 Å². The summed E-state index contributed by atoms with van der Waals surface area (Å²) in [6.45, 7) is 1.47. The number of thioether (sulfide) groups is 1. The number of halogens is 2. The molecule has 21 heavy (non-hydrogen) atoms. The summed E-state index contributed by atoms with van der Waals surface area (Å²) in [7, 11) is 0. The fourth-order valence-electron chi connectivity index (χ4n) is 2.16. The number of rotatable bonds is 4. The minimum absolute atomic E-state index is 0.132. The van der Waals surface area contributed by atoms with Crippen LogP contribution in [-0.4, -0.2) is 45.9 Å². The highest BCUT2D eigenvalue weighted by atomic mass is 35.5. The maximum absolute atomic E-state index is 14.0. The smallest absolute Gasteiger partial charge is 0.343 e. The van der Waals surface area contributed by atoms with Gasteiger partial charge in [-0.25, -0.2) is 9.18 Å². The molecule has 0 saturated carbocycles. The van der Waals surface area contributed by atoms with Crippen LogP contribution in [0.25, 0.3) is 0 Å².